The minimum absolute atomic E-state index is 0.102. The topological polar surface area (TPSA) is 121 Å². The first-order valence-electron chi connectivity index (χ1n) is 20.6. The van der Waals surface area contributed by atoms with Gasteiger partial charge < -0.3 is 24.6 Å². The highest BCUT2D eigenvalue weighted by Gasteiger charge is 2.50. The summed E-state index contributed by atoms with van der Waals surface area (Å²) in [6.45, 7) is 12.5. The molecule has 306 valence electrons. The number of sulfonamides is 1. The predicted molar refractivity (Wildman–Crippen MR) is 221 cm³/mol. The number of fused-ring (bicyclic) bond motifs is 4. The maximum atomic E-state index is 13.7. The fourth-order valence-corrected chi connectivity index (χ4v) is 11.4. The number of rotatable bonds is 3. The molecule has 11 nitrogen and oxygen atoms in total. The number of carbonyl (C=O) groups is 2. The van der Waals surface area contributed by atoms with Crippen LogP contribution in [0.4, 0.5) is 5.69 Å². The lowest BCUT2D eigenvalue weighted by Crippen LogP contribution is -2.57. The number of anilines is 1. The zero-order valence-electron chi connectivity index (χ0n) is 33.5. The molecule has 56 heavy (non-hydrogen) atoms. The van der Waals surface area contributed by atoms with Gasteiger partial charge >= 0.3 is 0 Å². The number of aryl methyl sites for hydroxylation is 1. The average Bonchev–Trinajstić information content (AvgIpc) is 3.31. The van der Waals surface area contributed by atoms with Crippen molar-refractivity contribution >= 4 is 39.1 Å². The molecular formula is C43H60ClN5O6S. The number of nitrogens with zero attached hydrogens (tertiary/aromatic N) is 3. The zero-order chi connectivity index (χ0) is 39.7. The van der Waals surface area contributed by atoms with Gasteiger partial charge in [-0.25, -0.2) is 13.1 Å². The Morgan fingerprint density at radius 3 is 2.64 bits per heavy atom. The number of ether oxygens (including phenoxy) is 2. The van der Waals surface area contributed by atoms with E-state index in [4.69, 9.17) is 21.1 Å². The molecule has 1 spiro atoms. The highest BCUT2D eigenvalue weighted by atomic mass is 35.5. The number of hydrogen-bond acceptors (Lipinski definition) is 9. The molecule has 2 N–H and O–H groups in total. The van der Waals surface area contributed by atoms with Crippen LogP contribution in [-0.4, -0.2) is 114 Å². The molecule has 2 aromatic rings. The molecule has 6 atom stereocenters. The summed E-state index contributed by atoms with van der Waals surface area (Å²) in [5.41, 5.74) is 2.70. The molecule has 2 bridgehead atoms. The van der Waals surface area contributed by atoms with Crippen LogP contribution >= 0.6 is 11.6 Å². The second-order valence-electron chi connectivity index (χ2n) is 17.1. The van der Waals surface area contributed by atoms with Crippen LogP contribution in [0.15, 0.2) is 48.6 Å². The molecule has 5 aliphatic rings. The number of carbonyl (C=O) groups excluding carboxylic acids is 2. The zero-order valence-corrected chi connectivity index (χ0v) is 35.1. The Kier molecular flexibility index (Phi) is 12.4. The molecule has 1 saturated carbocycles. The van der Waals surface area contributed by atoms with Crippen molar-refractivity contribution in [3.05, 3.63) is 70.3 Å². The minimum atomic E-state index is -3.99. The number of halogens is 1. The van der Waals surface area contributed by atoms with Crippen LogP contribution in [0.2, 0.25) is 5.02 Å². The summed E-state index contributed by atoms with van der Waals surface area (Å²) in [6, 6.07) is 11.6. The van der Waals surface area contributed by atoms with Crippen LogP contribution in [0.25, 0.3) is 0 Å². The molecule has 0 unspecified atom stereocenters. The number of amides is 2. The minimum Gasteiger partial charge on any atom is -0.490 e. The van der Waals surface area contributed by atoms with E-state index in [2.05, 4.69) is 44.1 Å². The van der Waals surface area contributed by atoms with E-state index in [0.29, 0.717) is 45.0 Å². The summed E-state index contributed by atoms with van der Waals surface area (Å²) in [5.74, 6) is 0.380. The van der Waals surface area contributed by atoms with Gasteiger partial charge in [0, 0.05) is 88.9 Å². The summed E-state index contributed by atoms with van der Waals surface area (Å²) < 4.78 is 43.2. The van der Waals surface area contributed by atoms with Gasteiger partial charge in [-0.2, -0.15) is 0 Å². The van der Waals surface area contributed by atoms with Crippen LogP contribution in [0.1, 0.15) is 80.8 Å². The van der Waals surface area contributed by atoms with Gasteiger partial charge in [-0.1, -0.05) is 36.7 Å². The summed E-state index contributed by atoms with van der Waals surface area (Å²) in [5, 5.41) is 3.46. The first-order valence-corrected chi connectivity index (χ1v) is 22.5. The van der Waals surface area contributed by atoms with E-state index in [0.717, 1.165) is 82.0 Å². The van der Waals surface area contributed by atoms with E-state index in [-0.39, 0.29) is 34.6 Å². The average molecular weight is 811 g/mol. The van der Waals surface area contributed by atoms with Crippen molar-refractivity contribution in [1.82, 2.24) is 19.8 Å². The summed E-state index contributed by atoms with van der Waals surface area (Å²) >= 11 is 6.51. The van der Waals surface area contributed by atoms with Crippen LogP contribution in [0.5, 0.6) is 5.75 Å². The molecular weight excluding hydrogens is 750 g/mol. The van der Waals surface area contributed by atoms with E-state index in [1.54, 1.807) is 19.9 Å². The van der Waals surface area contributed by atoms with Crippen molar-refractivity contribution in [1.29, 1.82) is 0 Å². The fourth-order valence-electron chi connectivity index (χ4n) is 9.91. The molecule has 3 heterocycles. The number of nitrogens with one attached hydrogen (secondary N) is 2. The van der Waals surface area contributed by atoms with Crippen molar-refractivity contribution < 1.29 is 27.5 Å². The summed E-state index contributed by atoms with van der Waals surface area (Å²) in [4.78, 5) is 32.8. The normalized spacial score (nSPS) is 32.1. The van der Waals surface area contributed by atoms with Crippen molar-refractivity contribution in [2.24, 2.45) is 17.8 Å². The van der Waals surface area contributed by atoms with Gasteiger partial charge in [0.25, 0.3) is 5.91 Å². The highest BCUT2D eigenvalue weighted by molar-refractivity contribution is 7.90. The third kappa shape index (κ3) is 8.51. The molecule has 2 amide bonds. The third-order valence-electron chi connectivity index (χ3n) is 13.6. The second-order valence-corrected chi connectivity index (χ2v) is 19.5. The molecule has 0 radical (unpaired) electrons. The Hall–Kier alpha value is -3.16. The molecule has 3 aliphatic heterocycles. The maximum Gasteiger partial charge on any atom is 0.264 e. The Bertz CT molecular complexity index is 1910. The van der Waals surface area contributed by atoms with Crippen molar-refractivity contribution in [3.63, 3.8) is 0 Å². The highest BCUT2D eigenvalue weighted by Crippen LogP contribution is 2.49. The Morgan fingerprint density at radius 1 is 1.05 bits per heavy atom. The molecule has 7 rings (SSSR count). The Labute approximate surface area is 338 Å². The van der Waals surface area contributed by atoms with E-state index in [9.17, 15) is 18.0 Å². The first kappa shape index (κ1) is 41.0. The second kappa shape index (κ2) is 17.0. The predicted octanol–water partition coefficient (Wildman–Crippen LogP) is 5.41. The van der Waals surface area contributed by atoms with E-state index >= 15 is 0 Å². The fraction of sp³-hybridized carbons (Fsp3) is 0.628. The quantitative estimate of drug-likeness (QED) is 0.393. The number of methoxy groups -OCH3 is 1. The molecule has 2 aromatic carbocycles. The van der Waals surface area contributed by atoms with Gasteiger partial charge in [0.1, 0.15) is 11.4 Å². The van der Waals surface area contributed by atoms with Crippen molar-refractivity contribution in [3.8, 4) is 5.75 Å². The molecule has 0 aromatic heterocycles. The van der Waals surface area contributed by atoms with Crippen LogP contribution in [-0.2, 0) is 31.4 Å². The lowest BCUT2D eigenvalue weighted by atomic mass is 9.63. The van der Waals surface area contributed by atoms with Crippen LogP contribution in [0, 0.1) is 17.8 Å². The summed E-state index contributed by atoms with van der Waals surface area (Å²) in [7, 11) is -2.17. The number of hydrogen-bond donors (Lipinski definition) is 2. The molecule has 1 saturated heterocycles. The monoisotopic (exact) mass is 809 g/mol. The van der Waals surface area contributed by atoms with Crippen LogP contribution in [0.3, 0.4) is 0 Å². The third-order valence-corrected chi connectivity index (χ3v) is 15.7. The smallest absolute Gasteiger partial charge is 0.264 e. The van der Waals surface area contributed by atoms with Gasteiger partial charge in [0.05, 0.1) is 17.5 Å². The van der Waals surface area contributed by atoms with Crippen LogP contribution < -0.4 is 19.7 Å². The lowest BCUT2D eigenvalue weighted by Gasteiger charge is -2.52. The number of benzene rings is 2. The first-order chi connectivity index (χ1) is 26.8. The SMILES string of the molecule is CO[C@@]1(CN2CCCN(C(C)=O)CCNCC2)/C=C/C[C@H](C)[C@@H](C)S(=O)(=O)NC(=O)c2ccc3c(c2)N(C[C@@H]2CC[C@H]21)C[C@@]1(CCCc2cc(Cl)ccc21)CO3. The number of allylic oxidation sites excluding steroid dienone is 1. The molecule has 2 aliphatic carbocycles. The van der Waals surface area contributed by atoms with Gasteiger partial charge in [-0.05, 0) is 111 Å². The van der Waals surface area contributed by atoms with E-state index < -0.39 is 26.8 Å². The Morgan fingerprint density at radius 2 is 1.88 bits per heavy atom. The van der Waals surface area contributed by atoms with E-state index in [1.807, 2.05) is 37.1 Å². The summed E-state index contributed by atoms with van der Waals surface area (Å²) in [6.07, 6.45) is 10.7. The van der Waals surface area contributed by atoms with Gasteiger partial charge in [-0.3, -0.25) is 14.5 Å². The standard InChI is InChI=1S/C43H60ClN5O6S/c1-30-8-5-17-43(54-4,28-47-20-7-21-48(32(3)50)23-19-45-18-22-47)38-13-10-35(38)26-49-27-42(16-6-9-33-24-36(44)12-14-37(33)42)29-55-40-15-11-34(25-39(40)49)41(51)46-56(52,53)31(30)2/h5,11-12,14-15,17,24-25,30-31,35,38,45H,6-10,13,16,18-23,26-29H2,1-4H3,(H,46,51)/b17-5+/t30-,31+,35-,38+,42-,43+/m0/s1. The van der Waals surface area contributed by atoms with E-state index in [1.165, 1.54) is 11.1 Å². The van der Waals surface area contributed by atoms with Gasteiger partial charge in [0.15, 0.2) is 0 Å². The maximum absolute atomic E-state index is 13.7. The largest absolute Gasteiger partial charge is 0.490 e. The molecule has 13 heteroatoms. The van der Waals surface area contributed by atoms with Gasteiger partial charge in [-0.15, -0.1) is 0 Å². The lowest BCUT2D eigenvalue weighted by molar-refractivity contribution is -0.129. The van der Waals surface area contributed by atoms with Crippen molar-refractivity contribution in [2.75, 3.05) is 77.5 Å². The Balaban J connectivity index is 1.28. The van der Waals surface area contributed by atoms with Crippen molar-refractivity contribution in [2.45, 2.75) is 82.0 Å². The molecule has 2 fully saturated rings. The van der Waals surface area contributed by atoms with Gasteiger partial charge in [0.2, 0.25) is 15.9 Å².